The molecular weight excluding hydrogens is 452 g/mol. The summed E-state index contributed by atoms with van der Waals surface area (Å²) in [4.78, 5) is 36.2. The summed E-state index contributed by atoms with van der Waals surface area (Å²) in [5.74, 6) is -0.413. The molecule has 8 nitrogen and oxygen atoms in total. The number of anilines is 1. The van der Waals surface area contributed by atoms with Crippen LogP contribution in [0.4, 0.5) is 15.3 Å². The zero-order chi connectivity index (χ0) is 22.9. The van der Waals surface area contributed by atoms with E-state index < -0.39 is 37.8 Å². The first-order chi connectivity index (χ1) is 15.3. The van der Waals surface area contributed by atoms with Crippen molar-refractivity contribution in [2.24, 2.45) is 0 Å². The van der Waals surface area contributed by atoms with E-state index in [1.165, 1.54) is 0 Å². The van der Waals surface area contributed by atoms with Crippen molar-refractivity contribution >= 4 is 50.0 Å². The molecule has 0 spiro atoms. The summed E-state index contributed by atoms with van der Waals surface area (Å²) in [6.07, 6.45) is 1.97. The minimum absolute atomic E-state index is 0.169. The van der Waals surface area contributed by atoms with Crippen molar-refractivity contribution in [3.05, 3.63) is 71.3 Å². The number of fused-ring (bicyclic) bond motifs is 1. The Labute approximate surface area is 189 Å². The molecule has 4 rings (SSSR count). The normalized spacial score (nSPS) is 20.4. The van der Waals surface area contributed by atoms with Crippen LogP contribution in [0.3, 0.4) is 0 Å². The van der Waals surface area contributed by atoms with E-state index in [4.69, 9.17) is 4.74 Å². The molecule has 0 saturated carbocycles. The van der Waals surface area contributed by atoms with E-state index in [2.05, 4.69) is 5.32 Å². The van der Waals surface area contributed by atoms with Crippen LogP contribution in [0.25, 0.3) is 6.08 Å². The van der Waals surface area contributed by atoms with Crippen molar-refractivity contribution in [2.75, 3.05) is 4.31 Å². The zero-order valence-corrected chi connectivity index (χ0v) is 18.7. The molecule has 1 N–H and O–H groups in total. The number of rotatable bonds is 5. The molecule has 2 aromatic rings. The van der Waals surface area contributed by atoms with Gasteiger partial charge in [0.15, 0.2) is 0 Å². The van der Waals surface area contributed by atoms with Gasteiger partial charge in [-0.05, 0) is 36.1 Å². The number of thioether (sulfide) groups is 1. The van der Waals surface area contributed by atoms with Crippen LogP contribution in [-0.2, 0) is 26.2 Å². The largest absolute Gasteiger partial charge is 0.448 e. The van der Waals surface area contributed by atoms with E-state index >= 15 is 0 Å². The number of carbonyl (C=O) groups is 3. The van der Waals surface area contributed by atoms with Crippen molar-refractivity contribution in [3.63, 3.8) is 0 Å². The zero-order valence-electron chi connectivity index (χ0n) is 17.1. The number of carbonyl (C=O) groups excluding carboxylic acids is 3. The summed E-state index contributed by atoms with van der Waals surface area (Å²) in [6.45, 7) is 1.47. The molecule has 1 saturated heterocycles. The first-order valence-electron chi connectivity index (χ1n) is 9.83. The van der Waals surface area contributed by atoms with Gasteiger partial charge in [0.1, 0.15) is 6.61 Å². The van der Waals surface area contributed by atoms with Crippen molar-refractivity contribution in [1.82, 2.24) is 5.32 Å². The molecule has 2 atom stereocenters. The van der Waals surface area contributed by atoms with Gasteiger partial charge in [-0.3, -0.25) is 19.2 Å². The topological polar surface area (TPSA) is 110 Å². The highest BCUT2D eigenvalue weighted by Gasteiger charge is 2.42. The molecule has 0 bridgehead atoms. The lowest BCUT2D eigenvalue weighted by Crippen LogP contribution is -2.45. The molecule has 2 amide bonds. The predicted octanol–water partition coefficient (Wildman–Crippen LogP) is 3.69. The first-order valence-corrected chi connectivity index (χ1v) is 12.2. The molecule has 1 fully saturated rings. The third-order valence-corrected chi connectivity index (χ3v) is 7.81. The second-order valence-electron chi connectivity index (χ2n) is 7.37. The third kappa shape index (κ3) is 4.28. The second kappa shape index (κ2) is 8.79. The minimum Gasteiger partial charge on any atom is -0.448 e. The van der Waals surface area contributed by atoms with Crippen LogP contribution >= 0.6 is 11.8 Å². The van der Waals surface area contributed by atoms with E-state index in [1.807, 2.05) is 0 Å². The number of amides is 2. The lowest BCUT2D eigenvalue weighted by Gasteiger charge is -2.35. The fraction of sp³-hybridized carbons (Fsp3) is 0.227. The van der Waals surface area contributed by atoms with Crippen LogP contribution in [0, 0.1) is 0 Å². The summed E-state index contributed by atoms with van der Waals surface area (Å²) < 4.78 is 32.7. The van der Waals surface area contributed by atoms with Gasteiger partial charge in [0.25, 0.3) is 5.24 Å². The van der Waals surface area contributed by atoms with Crippen LogP contribution in [0.2, 0.25) is 0 Å². The molecule has 2 aliphatic rings. The number of hydrogen-bond acceptors (Lipinski definition) is 7. The maximum atomic E-state index is 13.3. The van der Waals surface area contributed by atoms with E-state index in [0.29, 0.717) is 22.4 Å². The van der Waals surface area contributed by atoms with Crippen LogP contribution in [-0.4, -0.2) is 36.2 Å². The van der Waals surface area contributed by atoms with Gasteiger partial charge in [0.05, 0.1) is 17.0 Å². The van der Waals surface area contributed by atoms with E-state index in [9.17, 15) is 22.8 Å². The number of nitrogens with one attached hydrogen (secondary N) is 1. The Bertz CT molecular complexity index is 1210. The van der Waals surface area contributed by atoms with Gasteiger partial charge >= 0.3 is 15.3 Å². The Morgan fingerprint density at radius 3 is 2.47 bits per heavy atom. The summed E-state index contributed by atoms with van der Waals surface area (Å²) in [7, 11) is -4.53. The second-order valence-corrected chi connectivity index (χ2v) is 10.2. The molecule has 0 aliphatic carbocycles. The van der Waals surface area contributed by atoms with Crippen LogP contribution < -0.4 is 9.62 Å². The minimum atomic E-state index is -4.53. The lowest BCUT2D eigenvalue weighted by atomic mass is 9.95. The van der Waals surface area contributed by atoms with Crippen molar-refractivity contribution < 1.29 is 27.5 Å². The lowest BCUT2D eigenvalue weighted by molar-refractivity contribution is -0.118. The number of sulfonamides is 1. The Hall–Kier alpha value is -3.11. The number of hydrogen-bond donors (Lipinski definition) is 1. The van der Waals surface area contributed by atoms with Crippen molar-refractivity contribution in [1.29, 1.82) is 0 Å². The summed E-state index contributed by atoms with van der Waals surface area (Å²) in [6, 6.07) is 14.8. The highest BCUT2D eigenvalue weighted by Crippen LogP contribution is 2.38. The molecule has 166 valence electrons. The summed E-state index contributed by atoms with van der Waals surface area (Å²) in [5, 5.41) is -0.208. The smallest absolute Gasteiger partial charge is 0.445 e. The Morgan fingerprint density at radius 2 is 1.78 bits per heavy atom. The van der Waals surface area contributed by atoms with E-state index in [0.717, 1.165) is 16.1 Å². The molecule has 10 heteroatoms. The number of imide groups is 1. The number of ether oxygens (including phenoxy) is 1. The maximum absolute atomic E-state index is 13.3. The van der Waals surface area contributed by atoms with Gasteiger partial charge in [-0.25, -0.2) is 4.79 Å². The SMILES string of the molecule is C[C@@H]1C(CC2SC(=O)NC2=O)=Cc2ccccc2N1S(=O)(=O)C(=O)OCc1ccccc1. The molecule has 2 heterocycles. The van der Waals surface area contributed by atoms with Gasteiger partial charge in [-0.15, -0.1) is 0 Å². The van der Waals surface area contributed by atoms with Gasteiger partial charge < -0.3 is 4.74 Å². The summed E-state index contributed by atoms with van der Waals surface area (Å²) >= 11 is 0.871. The fourth-order valence-electron chi connectivity index (χ4n) is 3.67. The predicted molar refractivity (Wildman–Crippen MR) is 121 cm³/mol. The van der Waals surface area contributed by atoms with Gasteiger partial charge in [0.2, 0.25) is 5.91 Å². The van der Waals surface area contributed by atoms with E-state index in [-0.39, 0.29) is 13.0 Å². The molecule has 32 heavy (non-hydrogen) atoms. The monoisotopic (exact) mass is 472 g/mol. The molecule has 2 aromatic carbocycles. The molecule has 2 aliphatic heterocycles. The highest BCUT2D eigenvalue weighted by molar-refractivity contribution is 8.15. The number of benzene rings is 2. The molecule has 0 radical (unpaired) electrons. The number of para-hydroxylation sites is 1. The molecular formula is C22H20N2O6S2. The quantitative estimate of drug-likeness (QED) is 0.661. The standard InChI is InChI=1S/C22H20N2O6S2/c1-14-17(12-19-20(25)23-21(26)31-19)11-16-9-5-6-10-18(16)24(14)32(28,29)22(27)30-13-15-7-3-2-4-8-15/h2-11,14,19H,12-13H2,1H3,(H,23,25,26)/t14-,19?/m1/s1. The molecule has 0 aromatic heterocycles. The van der Waals surface area contributed by atoms with E-state index in [1.54, 1.807) is 67.6 Å². The Balaban J connectivity index is 1.62. The molecule has 1 unspecified atom stereocenters. The Kier molecular flexibility index (Phi) is 6.07. The van der Waals surface area contributed by atoms with Crippen molar-refractivity contribution in [2.45, 2.75) is 31.2 Å². The van der Waals surface area contributed by atoms with Gasteiger partial charge in [-0.2, -0.15) is 8.42 Å². The van der Waals surface area contributed by atoms with Gasteiger partial charge in [-0.1, -0.05) is 66.4 Å². The highest BCUT2D eigenvalue weighted by atomic mass is 32.2. The maximum Gasteiger partial charge on any atom is 0.445 e. The Morgan fingerprint density at radius 1 is 1.09 bits per heavy atom. The van der Waals surface area contributed by atoms with Crippen LogP contribution in [0.1, 0.15) is 24.5 Å². The average Bonchev–Trinajstić information content (AvgIpc) is 3.09. The van der Waals surface area contributed by atoms with Crippen LogP contribution in [0.5, 0.6) is 0 Å². The van der Waals surface area contributed by atoms with Crippen molar-refractivity contribution in [3.8, 4) is 0 Å². The summed E-state index contributed by atoms with van der Waals surface area (Å²) in [5.41, 5.74) is 2.22. The fourth-order valence-corrected chi connectivity index (χ4v) is 5.88. The van der Waals surface area contributed by atoms with Gasteiger partial charge in [0, 0.05) is 0 Å². The third-order valence-electron chi connectivity index (χ3n) is 5.26. The average molecular weight is 473 g/mol. The van der Waals surface area contributed by atoms with Crippen LogP contribution in [0.15, 0.2) is 60.2 Å². The first kappa shape index (κ1) is 22.1. The number of nitrogens with zero attached hydrogens (tertiary/aromatic N) is 1.